The molecule has 0 fully saturated rings. The highest BCUT2D eigenvalue weighted by molar-refractivity contribution is 7.13. The van der Waals surface area contributed by atoms with Gasteiger partial charge in [-0.1, -0.05) is 16.4 Å². The molecule has 4 aromatic rings. The molecule has 0 bridgehead atoms. The van der Waals surface area contributed by atoms with Crippen LogP contribution in [0.4, 0.5) is 5.88 Å². The zero-order chi connectivity index (χ0) is 23.0. The average molecular weight is 470 g/mol. The highest BCUT2D eigenvalue weighted by atomic mass is 32.1. The van der Waals surface area contributed by atoms with Crippen LogP contribution in [0.1, 0.15) is 19.5 Å². The normalized spacial score (nSPS) is 10.8. The van der Waals surface area contributed by atoms with Crippen molar-refractivity contribution in [3.05, 3.63) is 53.5 Å². The molecule has 0 unspecified atom stereocenters. The zero-order valence-electron chi connectivity index (χ0n) is 18.2. The van der Waals surface area contributed by atoms with Crippen LogP contribution in [0.3, 0.4) is 0 Å². The second-order valence-electron chi connectivity index (χ2n) is 6.80. The number of anilines is 1. The van der Waals surface area contributed by atoms with Crippen molar-refractivity contribution in [2.45, 2.75) is 20.5 Å². The molecule has 3 heterocycles. The molecule has 0 aliphatic rings. The summed E-state index contributed by atoms with van der Waals surface area (Å²) in [6.07, 6.45) is 0. The molecule has 0 aliphatic heterocycles. The Kier molecular flexibility index (Phi) is 7.38. The summed E-state index contributed by atoms with van der Waals surface area (Å²) in [4.78, 5) is 13.2. The van der Waals surface area contributed by atoms with Crippen LogP contribution >= 0.6 is 11.3 Å². The Morgan fingerprint density at radius 3 is 2.67 bits per heavy atom. The number of aromatic nitrogens is 2. The quantitative estimate of drug-likeness (QED) is 0.326. The zero-order valence-corrected chi connectivity index (χ0v) is 19.0. The van der Waals surface area contributed by atoms with Crippen LogP contribution in [0.15, 0.2) is 56.9 Å². The molecular weight excluding hydrogens is 446 g/mol. The topological polar surface area (TPSA) is 109 Å². The molecule has 0 saturated carbocycles. The second kappa shape index (κ2) is 10.8. The van der Waals surface area contributed by atoms with E-state index in [1.54, 1.807) is 23.5 Å². The van der Waals surface area contributed by atoms with Gasteiger partial charge in [-0.15, -0.1) is 11.3 Å². The van der Waals surface area contributed by atoms with Crippen molar-refractivity contribution in [2.24, 2.45) is 0 Å². The van der Waals surface area contributed by atoms with Gasteiger partial charge in [0.05, 0.1) is 24.7 Å². The van der Waals surface area contributed by atoms with Gasteiger partial charge in [-0.25, -0.2) is 0 Å². The number of carbonyl (C=O) groups excluding carboxylic acids is 1. The van der Waals surface area contributed by atoms with E-state index in [1.165, 1.54) is 0 Å². The van der Waals surface area contributed by atoms with Crippen LogP contribution in [0, 0.1) is 0 Å². The van der Waals surface area contributed by atoms with Crippen LogP contribution in [0.25, 0.3) is 21.9 Å². The minimum absolute atomic E-state index is 0.149. The lowest BCUT2D eigenvalue weighted by atomic mass is 10.1. The van der Waals surface area contributed by atoms with Crippen LogP contribution < -0.4 is 14.8 Å². The van der Waals surface area contributed by atoms with Gasteiger partial charge in [0.2, 0.25) is 5.88 Å². The Balaban J connectivity index is 1.30. The molecule has 1 aromatic carbocycles. The third-order valence-corrected chi connectivity index (χ3v) is 5.30. The number of hydrogen-bond donors (Lipinski definition) is 1. The summed E-state index contributed by atoms with van der Waals surface area (Å²) >= 11 is 1.56. The minimum atomic E-state index is -0.374. The number of hydrogen-bond acceptors (Lipinski definition) is 9. The Labute approximate surface area is 194 Å². The van der Waals surface area contributed by atoms with E-state index in [0.29, 0.717) is 41.9 Å². The van der Waals surface area contributed by atoms with Crippen molar-refractivity contribution in [1.29, 1.82) is 0 Å². The maximum atomic E-state index is 12.2. The number of thiophene rings is 1. The number of benzene rings is 1. The van der Waals surface area contributed by atoms with Crippen LogP contribution in [0.5, 0.6) is 11.5 Å². The van der Waals surface area contributed by atoms with E-state index in [9.17, 15) is 4.79 Å². The first-order valence-electron chi connectivity index (χ1n) is 10.4. The molecule has 1 amide bonds. The molecule has 33 heavy (non-hydrogen) atoms. The summed E-state index contributed by atoms with van der Waals surface area (Å²) in [7, 11) is 0. The highest BCUT2D eigenvalue weighted by Gasteiger charge is 2.14. The Hall–Kier alpha value is -3.63. The summed E-state index contributed by atoms with van der Waals surface area (Å²) in [5.41, 5.74) is 1.93. The van der Waals surface area contributed by atoms with Gasteiger partial charge in [0.25, 0.3) is 5.91 Å². The van der Waals surface area contributed by atoms with Crippen molar-refractivity contribution in [2.75, 3.05) is 25.1 Å². The van der Waals surface area contributed by atoms with Crippen molar-refractivity contribution >= 4 is 23.1 Å². The average Bonchev–Trinajstić information content (AvgIpc) is 3.57. The van der Waals surface area contributed by atoms with E-state index in [1.807, 2.05) is 49.6 Å². The fourth-order valence-electron chi connectivity index (χ4n) is 3.02. The Morgan fingerprint density at radius 1 is 1.03 bits per heavy atom. The van der Waals surface area contributed by atoms with Gasteiger partial charge in [-0.2, -0.15) is 0 Å². The number of nitrogens with one attached hydrogen (secondary N) is 1. The molecular formula is C23H23N3O6S. The summed E-state index contributed by atoms with van der Waals surface area (Å²) in [5.74, 6) is 1.79. The largest absolute Gasteiger partial charge is 0.490 e. The van der Waals surface area contributed by atoms with E-state index >= 15 is 0 Å². The van der Waals surface area contributed by atoms with Gasteiger partial charge in [0.15, 0.2) is 17.3 Å². The lowest BCUT2D eigenvalue weighted by Gasteiger charge is -2.11. The minimum Gasteiger partial charge on any atom is -0.490 e. The van der Waals surface area contributed by atoms with Crippen LogP contribution in [0.2, 0.25) is 0 Å². The molecule has 0 spiro atoms. The van der Waals surface area contributed by atoms with E-state index in [4.69, 9.17) is 23.3 Å². The predicted octanol–water partition coefficient (Wildman–Crippen LogP) is 5.01. The summed E-state index contributed by atoms with van der Waals surface area (Å²) in [6.45, 7) is 4.83. The molecule has 0 radical (unpaired) electrons. The number of ether oxygens (including phenoxy) is 3. The third kappa shape index (κ3) is 5.79. The first kappa shape index (κ1) is 22.6. The second-order valence-corrected chi connectivity index (χ2v) is 7.75. The number of rotatable bonds is 11. The lowest BCUT2D eigenvalue weighted by Crippen LogP contribution is -2.17. The van der Waals surface area contributed by atoms with E-state index in [-0.39, 0.29) is 25.0 Å². The van der Waals surface area contributed by atoms with E-state index in [2.05, 4.69) is 15.6 Å². The molecule has 0 saturated heterocycles. The Bertz CT molecular complexity index is 1180. The van der Waals surface area contributed by atoms with E-state index in [0.717, 1.165) is 10.4 Å². The molecule has 172 valence electrons. The van der Waals surface area contributed by atoms with Crippen molar-refractivity contribution < 1.29 is 28.1 Å². The van der Waals surface area contributed by atoms with Gasteiger partial charge in [-0.3, -0.25) is 10.1 Å². The fourth-order valence-corrected chi connectivity index (χ4v) is 3.69. The van der Waals surface area contributed by atoms with Gasteiger partial charge in [0.1, 0.15) is 18.0 Å². The molecule has 3 aromatic heterocycles. The van der Waals surface area contributed by atoms with Crippen molar-refractivity contribution in [3.63, 3.8) is 0 Å². The fraction of sp³-hybridized carbons (Fsp3) is 0.261. The van der Waals surface area contributed by atoms with Crippen molar-refractivity contribution in [3.8, 4) is 33.4 Å². The molecule has 10 heteroatoms. The Morgan fingerprint density at radius 2 is 1.88 bits per heavy atom. The molecule has 0 atom stereocenters. The molecule has 1 N–H and O–H groups in total. The lowest BCUT2D eigenvalue weighted by molar-refractivity contribution is -0.121. The summed E-state index contributed by atoms with van der Waals surface area (Å²) < 4.78 is 27.2. The number of carbonyl (C=O) groups is 1. The standard InChI is InChI=1S/C23H23N3O6S/c1-3-29-18-8-7-15(10-19(18)30-4-2)17-12-23(32-26-17)24-22(27)14-28-13-16-11-20(31-25-16)21-6-5-9-33-21/h5-12H,3-4,13-14H2,1-2H3,(H,24,27). The maximum absolute atomic E-state index is 12.2. The third-order valence-electron chi connectivity index (χ3n) is 4.42. The number of amides is 1. The maximum Gasteiger partial charge on any atom is 0.252 e. The van der Waals surface area contributed by atoms with Gasteiger partial charge in [0, 0.05) is 17.7 Å². The van der Waals surface area contributed by atoms with Gasteiger partial charge in [-0.05, 0) is 43.5 Å². The van der Waals surface area contributed by atoms with Gasteiger partial charge >= 0.3 is 0 Å². The highest BCUT2D eigenvalue weighted by Crippen LogP contribution is 2.33. The van der Waals surface area contributed by atoms with Gasteiger partial charge < -0.3 is 23.3 Å². The monoisotopic (exact) mass is 469 g/mol. The number of nitrogens with zero attached hydrogens (tertiary/aromatic N) is 2. The molecule has 9 nitrogen and oxygen atoms in total. The molecule has 4 rings (SSSR count). The first-order valence-corrected chi connectivity index (χ1v) is 11.3. The predicted molar refractivity (Wildman–Crippen MR) is 122 cm³/mol. The van der Waals surface area contributed by atoms with E-state index < -0.39 is 0 Å². The summed E-state index contributed by atoms with van der Waals surface area (Å²) in [6, 6.07) is 12.8. The van der Waals surface area contributed by atoms with Crippen molar-refractivity contribution in [1.82, 2.24) is 10.3 Å². The van der Waals surface area contributed by atoms with Crippen LogP contribution in [-0.4, -0.2) is 36.0 Å². The smallest absolute Gasteiger partial charge is 0.252 e. The summed E-state index contributed by atoms with van der Waals surface area (Å²) in [5, 5.41) is 12.6. The first-order chi connectivity index (χ1) is 16.2. The SMILES string of the molecule is CCOc1ccc(-c2cc(NC(=O)COCc3cc(-c4cccs4)on3)on2)cc1OCC. The molecule has 0 aliphatic carbocycles. The van der Waals surface area contributed by atoms with Crippen LogP contribution in [-0.2, 0) is 16.1 Å².